The number of carbonyl (C=O) groups excluding carboxylic acids is 1. The molecule has 23 heavy (non-hydrogen) atoms. The van der Waals surface area contributed by atoms with Crippen molar-refractivity contribution in [3.63, 3.8) is 0 Å². The molecule has 0 saturated heterocycles. The van der Waals surface area contributed by atoms with Crippen LogP contribution in [0.25, 0.3) is 0 Å². The van der Waals surface area contributed by atoms with Gasteiger partial charge < -0.3 is 0 Å². The molecular formula is C14H28N2O5S2. The van der Waals surface area contributed by atoms with Crippen LogP contribution >= 0.6 is 0 Å². The Kier molecular flexibility index (Phi) is 11.3. The van der Waals surface area contributed by atoms with E-state index < -0.39 is 20.2 Å². The second kappa shape index (κ2) is 11.7. The standard InChI is InChI=1S/C14H28N2O5S2/c1-3-4-5-6-7-8-9-10-11-12-13-22(18,19)16(2)23(20,21)15-14-17/h3-13H2,1-2H3. The molecule has 0 rings (SSSR count). The van der Waals surface area contributed by atoms with Gasteiger partial charge in [0.25, 0.3) is 6.08 Å². The topological polar surface area (TPSA) is 101 Å². The minimum Gasteiger partial charge on any atom is -0.211 e. The molecule has 0 heterocycles. The Morgan fingerprint density at radius 1 is 0.826 bits per heavy atom. The molecule has 9 heteroatoms. The molecule has 0 unspecified atom stereocenters. The Morgan fingerprint density at radius 3 is 1.70 bits per heavy atom. The van der Waals surface area contributed by atoms with E-state index in [1.165, 1.54) is 32.1 Å². The van der Waals surface area contributed by atoms with Crippen molar-refractivity contribution in [2.24, 2.45) is 4.40 Å². The highest BCUT2D eigenvalue weighted by Crippen LogP contribution is 2.13. The van der Waals surface area contributed by atoms with Crippen LogP contribution < -0.4 is 0 Å². The lowest BCUT2D eigenvalue weighted by Crippen LogP contribution is -2.33. The van der Waals surface area contributed by atoms with Crippen molar-refractivity contribution in [2.75, 3.05) is 12.8 Å². The van der Waals surface area contributed by atoms with Crippen LogP contribution in [0.4, 0.5) is 0 Å². The first-order valence-electron chi connectivity index (χ1n) is 8.09. The lowest BCUT2D eigenvalue weighted by atomic mass is 10.1. The van der Waals surface area contributed by atoms with E-state index in [0.29, 0.717) is 6.42 Å². The van der Waals surface area contributed by atoms with Crippen LogP contribution in [-0.4, -0.2) is 39.4 Å². The van der Waals surface area contributed by atoms with Crippen LogP contribution in [0, 0.1) is 0 Å². The smallest absolute Gasteiger partial charge is 0.211 e. The Balaban J connectivity index is 3.93. The predicted molar refractivity (Wildman–Crippen MR) is 90.4 cm³/mol. The van der Waals surface area contributed by atoms with Crippen LogP contribution in [0.15, 0.2) is 4.40 Å². The summed E-state index contributed by atoms with van der Waals surface area (Å²) in [6.45, 7) is 2.18. The summed E-state index contributed by atoms with van der Waals surface area (Å²) in [4.78, 5) is 10.0. The molecule has 0 fully saturated rings. The lowest BCUT2D eigenvalue weighted by Gasteiger charge is -2.13. The van der Waals surface area contributed by atoms with Gasteiger partial charge >= 0.3 is 10.2 Å². The molecule has 136 valence electrons. The maximum absolute atomic E-state index is 11.8. The number of sulfonamides is 1. The highest BCUT2D eigenvalue weighted by molar-refractivity contribution is 8.03. The molecule has 0 aromatic carbocycles. The third-order valence-electron chi connectivity index (χ3n) is 3.63. The number of hydrogen-bond donors (Lipinski definition) is 0. The zero-order chi connectivity index (χ0) is 17.8. The third kappa shape index (κ3) is 9.86. The minimum atomic E-state index is -4.48. The van der Waals surface area contributed by atoms with Crippen molar-refractivity contribution < 1.29 is 21.6 Å². The normalized spacial score (nSPS) is 12.3. The van der Waals surface area contributed by atoms with Crippen molar-refractivity contribution in [2.45, 2.75) is 71.1 Å². The summed E-state index contributed by atoms with van der Waals surface area (Å²) < 4.78 is 49.1. The van der Waals surface area contributed by atoms with Crippen molar-refractivity contribution in [3.8, 4) is 0 Å². The largest absolute Gasteiger partial charge is 0.345 e. The maximum atomic E-state index is 11.8. The van der Waals surface area contributed by atoms with E-state index >= 15 is 0 Å². The monoisotopic (exact) mass is 368 g/mol. The van der Waals surface area contributed by atoms with Gasteiger partial charge in [-0.1, -0.05) is 72.8 Å². The number of hydrogen-bond acceptors (Lipinski definition) is 5. The van der Waals surface area contributed by atoms with Gasteiger partial charge in [-0.15, -0.1) is 0 Å². The molecule has 0 aromatic rings. The molecule has 0 saturated carbocycles. The second-order valence-electron chi connectivity index (χ2n) is 5.54. The summed E-state index contributed by atoms with van der Waals surface area (Å²) in [5.41, 5.74) is 0. The Morgan fingerprint density at radius 2 is 1.26 bits per heavy atom. The van der Waals surface area contributed by atoms with Crippen molar-refractivity contribution in [1.82, 2.24) is 3.71 Å². The number of nitrogens with zero attached hydrogens (tertiary/aromatic N) is 2. The molecule has 0 aliphatic heterocycles. The van der Waals surface area contributed by atoms with Gasteiger partial charge in [0.15, 0.2) is 0 Å². The molecular weight excluding hydrogens is 340 g/mol. The lowest BCUT2D eigenvalue weighted by molar-refractivity contribution is 0.521. The summed E-state index contributed by atoms with van der Waals surface area (Å²) in [5, 5.41) is 0. The number of unbranched alkanes of at least 4 members (excludes halogenated alkanes) is 9. The van der Waals surface area contributed by atoms with Gasteiger partial charge in [-0.25, -0.2) is 13.2 Å². The number of isocyanates is 1. The summed E-state index contributed by atoms with van der Waals surface area (Å²) in [7, 11) is -7.58. The Hall–Kier alpha value is -0.760. The van der Waals surface area contributed by atoms with E-state index in [9.17, 15) is 21.6 Å². The van der Waals surface area contributed by atoms with E-state index in [4.69, 9.17) is 0 Å². The van der Waals surface area contributed by atoms with E-state index in [1.807, 2.05) is 0 Å². The Labute approximate surface area is 140 Å². The fraction of sp³-hybridized carbons (Fsp3) is 0.929. The van der Waals surface area contributed by atoms with E-state index in [1.54, 1.807) is 0 Å². The highest BCUT2D eigenvalue weighted by atomic mass is 32.3. The van der Waals surface area contributed by atoms with Crippen molar-refractivity contribution in [1.29, 1.82) is 0 Å². The van der Waals surface area contributed by atoms with Crippen LogP contribution in [-0.2, 0) is 25.0 Å². The van der Waals surface area contributed by atoms with Crippen LogP contribution in [0.5, 0.6) is 0 Å². The average Bonchev–Trinajstić information content (AvgIpc) is 2.48. The molecule has 0 N–H and O–H groups in total. The number of rotatable bonds is 14. The molecule has 0 atom stereocenters. The maximum Gasteiger partial charge on any atom is 0.345 e. The third-order valence-corrected chi connectivity index (χ3v) is 7.41. The predicted octanol–water partition coefficient (Wildman–Crippen LogP) is 2.75. The van der Waals surface area contributed by atoms with Gasteiger partial charge in [-0.2, -0.15) is 8.42 Å². The molecule has 0 aromatic heterocycles. The zero-order valence-electron chi connectivity index (χ0n) is 14.0. The van der Waals surface area contributed by atoms with E-state index in [2.05, 4.69) is 11.3 Å². The van der Waals surface area contributed by atoms with Crippen molar-refractivity contribution in [3.05, 3.63) is 0 Å². The fourth-order valence-electron chi connectivity index (χ4n) is 2.15. The SMILES string of the molecule is CCCCCCCCCCCCS(=O)(=O)N(C)S(=O)(=O)N=C=O. The minimum absolute atomic E-state index is 0.138. The van der Waals surface area contributed by atoms with E-state index in [-0.39, 0.29) is 9.46 Å². The molecule has 7 nitrogen and oxygen atoms in total. The molecule has 0 bridgehead atoms. The quantitative estimate of drug-likeness (QED) is 0.266. The zero-order valence-corrected chi connectivity index (χ0v) is 15.7. The molecule has 0 aliphatic carbocycles. The summed E-state index contributed by atoms with van der Waals surface area (Å²) >= 11 is 0. The summed E-state index contributed by atoms with van der Waals surface area (Å²) in [6, 6.07) is 0. The van der Waals surface area contributed by atoms with Gasteiger partial charge in [0.1, 0.15) is 0 Å². The second-order valence-corrected chi connectivity index (χ2v) is 9.52. The Bertz CT molecular complexity index is 566. The average molecular weight is 369 g/mol. The van der Waals surface area contributed by atoms with Gasteiger partial charge in [-0.3, -0.25) is 0 Å². The highest BCUT2D eigenvalue weighted by Gasteiger charge is 2.29. The fourth-order valence-corrected chi connectivity index (χ4v) is 4.66. The van der Waals surface area contributed by atoms with Crippen LogP contribution in [0.3, 0.4) is 0 Å². The molecule has 0 amide bonds. The first-order chi connectivity index (χ1) is 10.8. The molecule has 0 spiro atoms. The first-order valence-corrected chi connectivity index (χ1v) is 11.1. The van der Waals surface area contributed by atoms with Crippen LogP contribution in [0.2, 0.25) is 0 Å². The van der Waals surface area contributed by atoms with Crippen molar-refractivity contribution >= 4 is 26.3 Å². The molecule has 0 aliphatic rings. The van der Waals surface area contributed by atoms with Gasteiger partial charge in [0.2, 0.25) is 10.0 Å². The summed E-state index contributed by atoms with van der Waals surface area (Å²) in [5.74, 6) is -0.270. The van der Waals surface area contributed by atoms with Crippen LogP contribution in [0.1, 0.15) is 71.1 Å². The first kappa shape index (κ1) is 22.2. The van der Waals surface area contributed by atoms with E-state index in [0.717, 1.165) is 38.8 Å². The van der Waals surface area contributed by atoms with Gasteiger partial charge in [-0.05, 0) is 6.42 Å². The van der Waals surface area contributed by atoms with Gasteiger partial charge in [0.05, 0.1) is 5.75 Å². The summed E-state index contributed by atoms with van der Waals surface area (Å²) in [6.07, 6.45) is 11.4. The van der Waals surface area contributed by atoms with Gasteiger partial charge in [0, 0.05) is 7.05 Å². The molecule has 0 radical (unpaired) electrons.